The first-order valence-corrected chi connectivity index (χ1v) is 8.02. The van der Waals surface area contributed by atoms with Gasteiger partial charge in [-0.2, -0.15) is 0 Å². The van der Waals surface area contributed by atoms with Gasteiger partial charge >= 0.3 is 0 Å². The molecule has 0 spiro atoms. The molecule has 3 nitrogen and oxygen atoms in total. The number of phenols is 1. The summed E-state index contributed by atoms with van der Waals surface area (Å²) in [7, 11) is 0. The number of phenolic OH excluding ortho intramolecular Hbond substituents is 1. The van der Waals surface area contributed by atoms with Crippen molar-refractivity contribution in [1.82, 2.24) is 5.32 Å². The zero-order valence-electron chi connectivity index (χ0n) is 13.9. The molecule has 0 unspecified atom stereocenters. The lowest BCUT2D eigenvalue weighted by molar-refractivity contribution is 0.0674. The molecular formula is C18H31NO2. The van der Waals surface area contributed by atoms with E-state index in [9.17, 15) is 10.2 Å². The van der Waals surface area contributed by atoms with Gasteiger partial charge in [0, 0.05) is 12.1 Å². The zero-order chi connectivity index (χ0) is 15.9. The first kappa shape index (κ1) is 18.0. The molecule has 3 N–H and O–H groups in total. The van der Waals surface area contributed by atoms with E-state index < -0.39 is 5.60 Å². The maximum Gasteiger partial charge on any atom is 0.115 e. The largest absolute Gasteiger partial charge is 0.508 e. The zero-order valence-corrected chi connectivity index (χ0v) is 13.9. The number of hydrogen-bond donors (Lipinski definition) is 3. The molecule has 0 aliphatic heterocycles. The number of aromatic hydroxyl groups is 1. The molecule has 0 fully saturated rings. The Morgan fingerprint density at radius 3 is 2.19 bits per heavy atom. The predicted molar refractivity (Wildman–Crippen MR) is 88.6 cm³/mol. The Morgan fingerprint density at radius 1 is 1.05 bits per heavy atom. The predicted octanol–water partition coefficient (Wildman–Crippen LogP) is 3.63. The minimum Gasteiger partial charge on any atom is -0.508 e. The van der Waals surface area contributed by atoms with Gasteiger partial charge in [-0.15, -0.1) is 0 Å². The van der Waals surface area contributed by atoms with E-state index in [0.717, 1.165) is 32.1 Å². The molecule has 0 radical (unpaired) electrons. The van der Waals surface area contributed by atoms with Gasteiger partial charge in [0.05, 0.1) is 5.60 Å². The van der Waals surface area contributed by atoms with E-state index in [0.29, 0.717) is 17.8 Å². The van der Waals surface area contributed by atoms with Gasteiger partial charge in [-0.25, -0.2) is 0 Å². The van der Waals surface area contributed by atoms with E-state index in [2.05, 4.69) is 19.2 Å². The third kappa shape index (κ3) is 8.74. The first-order valence-electron chi connectivity index (χ1n) is 8.02. The second-order valence-electron chi connectivity index (χ2n) is 6.88. The molecule has 1 aromatic rings. The van der Waals surface area contributed by atoms with Crippen molar-refractivity contribution in [1.29, 1.82) is 0 Å². The van der Waals surface area contributed by atoms with Crippen LogP contribution in [0.2, 0.25) is 0 Å². The fourth-order valence-electron chi connectivity index (χ4n) is 2.54. The van der Waals surface area contributed by atoms with Crippen LogP contribution in [0.15, 0.2) is 24.3 Å². The van der Waals surface area contributed by atoms with Gasteiger partial charge in [0.2, 0.25) is 0 Å². The summed E-state index contributed by atoms with van der Waals surface area (Å²) in [6.45, 7) is 8.16. The molecule has 0 saturated heterocycles. The maximum absolute atomic E-state index is 9.70. The molecule has 120 valence electrons. The van der Waals surface area contributed by atoms with Crippen molar-refractivity contribution in [2.45, 2.75) is 77.5 Å². The third-order valence-corrected chi connectivity index (χ3v) is 3.80. The van der Waals surface area contributed by atoms with Crippen molar-refractivity contribution in [2.75, 3.05) is 0 Å². The highest BCUT2D eigenvalue weighted by molar-refractivity contribution is 5.25. The molecule has 0 heterocycles. The molecule has 1 rings (SSSR count). The Labute approximate surface area is 129 Å². The second-order valence-corrected chi connectivity index (χ2v) is 6.88. The molecule has 0 bridgehead atoms. The summed E-state index contributed by atoms with van der Waals surface area (Å²) in [5.41, 5.74) is 0.709. The summed E-state index contributed by atoms with van der Waals surface area (Å²) in [4.78, 5) is 0. The normalized spacial score (nSPS) is 14.9. The van der Waals surface area contributed by atoms with Crippen LogP contribution in [0.3, 0.4) is 0 Å². The summed E-state index contributed by atoms with van der Waals surface area (Å²) < 4.78 is 0. The Bertz CT molecular complexity index is 395. The van der Waals surface area contributed by atoms with E-state index in [1.54, 1.807) is 12.1 Å². The van der Waals surface area contributed by atoms with Crippen molar-refractivity contribution in [2.24, 2.45) is 0 Å². The highest BCUT2D eigenvalue weighted by atomic mass is 16.3. The van der Waals surface area contributed by atoms with Gasteiger partial charge in [-0.3, -0.25) is 0 Å². The second kappa shape index (κ2) is 8.40. The van der Waals surface area contributed by atoms with Crippen LogP contribution >= 0.6 is 0 Å². The molecule has 2 atom stereocenters. The molecule has 0 aromatic heterocycles. The molecule has 21 heavy (non-hydrogen) atoms. The summed E-state index contributed by atoms with van der Waals surface area (Å²) in [5.74, 6) is 0.324. The lowest BCUT2D eigenvalue weighted by atomic mass is 9.99. The van der Waals surface area contributed by atoms with Gasteiger partial charge in [0.25, 0.3) is 0 Å². The van der Waals surface area contributed by atoms with E-state index >= 15 is 0 Å². The van der Waals surface area contributed by atoms with E-state index in [1.807, 2.05) is 26.0 Å². The van der Waals surface area contributed by atoms with Gasteiger partial charge in [0.1, 0.15) is 5.75 Å². The smallest absolute Gasteiger partial charge is 0.115 e. The van der Waals surface area contributed by atoms with Gasteiger partial charge in [0.15, 0.2) is 0 Å². The Kier molecular flexibility index (Phi) is 7.20. The number of rotatable bonds is 9. The topological polar surface area (TPSA) is 52.5 Å². The lowest BCUT2D eigenvalue weighted by Gasteiger charge is -2.22. The number of benzene rings is 1. The van der Waals surface area contributed by atoms with Crippen LogP contribution in [0.4, 0.5) is 0 Å². The van der Waals surface area contributed by atoms with Gasteiger partial charge in [-0.05, 0) is 77.5 Å². The lowest BCUT2D eigenvalue weighted by Crippen LogP contribution is -2.35. The van der Waals surface area contributed by atoms with Crippen LogP contribution in [0.25, 0.3) is 0 Å². The highest BCUT2D eigenvalue weighted by Gasteiger charge is 2.13. The molecular weight excluding hydrogens is 262 g/mol. The number of hydrogen-bond acceptors (Lipinski definition) is 3. The van der Waals surface area contributed by atoms with Crippen LogP contribution in [0.5, 0.6) is 5.75 Å². The van der Waals surface area contributed by atoms with Crippen molar-refractivity contribution < 1.29 is 10.2 Å². The number of nitrogens with one attached hydrogen (secondary N) is 1. The van der Waals surface area contributed by atoms with Crippen LogP contribution in [-0.4, -0.2) is 27.9 Å². The number of aliphatic hydroxyl groups is 1. The average molecular weight is 293 g/mol. The van der Waals surface area contributed by atoms with Crippen LogP contribution in [0, 0.1) is 0 Å². The summed E-state index contributed by atoms with van der Waals surface area (Å²) in [5, 5.41) is 22.6. The van der Waals surface area contributed by atoms with Gasteiger partial charge < -0.3 is 15.5 Å². The third-order valence-electron chi connectivity index (χ3n) is 3.80. The highest BCUT2D eigenvalue weighted by Crippen LogP contribution is 2.14. The first-order chi connectivity index (χ1) is 9.76. The van der Waals surface area contributed by atoms with Crippen molar-refractivity contribution in [3.8, 4) is 5.75 Å². The Hall–Kier alpha value is -1.06. The van der Waals surface area contributed by atoms with Crippen molar-refractivity contribution in [3.63, 3.8) is 0 Å². The fraction of sp³-hybridized carbons (Fsp3) is 0.667. The quantitative estimate of drug-likeness (QED) is 0.651. The molecule has 0 amide bonds. The van der Waals surface area contributed by atoms with Crippen molar-refractivity contribution in [3.05, 3.63) is 29.8 Å². The van der Waals surface area contributed by atoms with Crippen LogP contribution in [-0.2, 0) is 6.42 Å². The molecule has 1 aromatic carbocycles. The van der Waals surface area contributed by atoms with E-state index in [4.69, 9.17) is 0 Å². The summed E-state index contributed by atoms with van der Waals surface area (Å²) >= 11 is 0. The Balaban J connectivity index is 2.20. The van der Waals surface area contributed by atoms with E-state index in [-0.39, 0.29) is 0 Å². The maximum atomic E-state index is 9.70. The standard InChI is InChI=1S/C18H31NO2/c1-14(6-5-13-18(3,4)21)19-15(2)7-8-16-9-11-17(20)12-10-16/h9-12,14-15,19-21H,5-8,13H2,1-4H3/t14-,15-/m1/s1. The molecule has 0 saturated carbocycles. The minimum absolute atomic E-state index is 0.324. The SMILES string of the molecule is C[C@H](CCCC(C)(C)O)N[C@H](C)CCc1ccc(O)cc1. The van der Waals surface area contributed by atoms with Gasteiger partial charge in [-0.1, -0.05) is 12.1 Å². The Morgan fingerprint density at radius 2 is 1.62 bits per heavy atom. The van der Waals surface area contributed by atoms with Crippen LogP contribution in [0.1, 0.15) is 58.9 Å². The molecule has 0 aliphatic carbocycles. The monoisotopic (exact) mass is 293 g/mol. The summed E-state index contributed by atoms with van der Waals surface area (Å²) in [6, 6.07) is 8.39. The number of aryl methyl sites for hydroxylation is 1. The van der Waals surface area contributed by atoms with Crippen LogP contribution < -0.4 is 5.32 Å². The fourth-order valence-corrected chi connectivity index (χ4v) is 2.54. The average Bonchev–Trinajstić information content (AvgIpc) is 2.36. The summed E-state index contributed by atoms with van der Waals surface area (Å²) in [6.07, 6.45) is 5.09. The molecule has 0 aliphatic rings. The molecule has 3 heteroatoms. The van der Waals surface area contributed by atoms with Crippen molar-refractivity contribution >= 4 is 0 Å². The minimum atomic E-state index is -0.551. The van der Waals surface area contributed by atoms with E-state index in [1.165, 1.54) is 5.56 Å².